The van der Waals surface area contributed by atoms with Crippen molar-refractivity contribution in [1.29, 1.82) is 0 Å². The first-order chi connectivity index (χ1) is 7.68. The Hall–Kier alpha value is -1.15. The molecule has 4 N–H and O–H groups in total. The third-order valence-corrected chi connectivity index (χ3v) is 2.35. The van der Waals surface area contributed by atoms with Crippen molar-refractivity contribution >= 4 is 6.02 Å². The normalized spacial score (nSPS) is 38.8. The third-order valence-electron chi connectivity index (χ3n) is 2.35. The molecule has 1 unspecified atom stereocenters. The first kappa shape index (κ1) is 11.3. The van der Waals surface area contributed by atoms with E-state index in [0.717, 1.165) is 0 Å². The summed E-state index contributed by atoms with van der Waals surface area (Å²) in [4.78, 5) is 3.96. The smallest absolute Gasteiger partial charge is 0.291 e. The number of hydrogen-bond donors (Lipinski definition) is 4. The molecule has 2 heterocycles. The highest BCUT2D eigenvalue weighted by atomic mass is 16.7. The number of nitrogens with zero attached hydrogens (tertiary/aromatic N) is 1. The highest BCUT2D eigenvalue weighted by molar-refractivity contribution is 5.75. The van der Waals surface area contributed by atoms with Crippen molar-refractivity contribution in [3.05, 3.63) is 12.3 Å². The topological polar surface area (TPSA) is 104 Å². The van der Waals surface area contributed by atoms with Gasteiger partial charge in [-0.1, -0.05) is 0 Å². The summed E-state index contributed by atoms with van der Waals surface area (Å²) in [7, 11) is 0. The fraction of sp³-hybridized carbons (Fsp3) is 0.667. The number of aliphatic imine (C=N–C) groups is 1. The minimum Gasteiger partial charge on any atom is -0.432 e. The molecule has 2 aliphatic heterocycles. The summed E-state index contributed by atoms with van der Waals surface area (Å²) < 4.78 is 10.3. The predicted octanol–water partition coefficient (Wildman–Crippen LogP) is -2.09. The van der Waals surface area contributed by atoms with E-state index in [1.165, 1.54) is 0 Å². The molecular formula is C9H14N2O5. The number of nitrogens with one attached hydrogen (secondary N) is 1. The monoisotopic (exact) mass is 230 g/mol. The predicted molar refractivity (Wildman–Crippen MR) is 53.4 cm³/mol. The first-order valence-corrected chi connectivity index (χ1v) is 4.97. The van der Waals surface area contributed by atoms with E-state index in [2.05, 4.69) is 10.3 Å². The molecule has 0 amide bonds. The average Bonchev–Trinajstić information content (AvgIpc) is 2.31. The summed E-state index contributed by atoms with van der Waals surface area (Å²) in [5, 5.41) is 30.9. The molecule has 0 saturated carbocycles. The number of rotatable bonds is 1. The Balaban J connectivity index is 1.92. The van der Waals surface area contributed by atoms with Crippen molar-refractivity contribution in [2.24, 2.45) is 4.99 Å². The molecule has 90 valence electrons. The Morgan fingerprint density at radius 1 is 1.38 bits per heavy atom. The summed E-state index contributed by atoms with van der Waals surface area (Å²) in [6.45, 7) is 0.391. The van der Waals surface area contributed by atoms with Crippen LogP contribution in [0.2, 0.25) is 0 Å². The standard InChI is InChI=1S/C9H14N2O5/c12-5-4-15-8(7(14)6(5)13)16-9-10-2-1-3-11-9/h1-2,5-8,12-14H,3-4H2,(H,10,11)/t5-,6-,7-,8?/m1/s1. The third kappa shape index (κ3) is 2.33. The lowest BCUT2D eigenvalue weighted by molar-refractivity contribution is -0.247. The van der Waals surface area contributed by atoms with Crippen molar-refractivity contribution in [2.75, 3.05) is 13.2 Å². The van der Waals surface area contributed by atoms with Crippen LogP contribution in [0.15, 0.2) is 17.3 Å². The Morgan fingerprint density at radius 3 is 2.88 bits per heavy atom. The second-order valence-electron chi connectivity index (χ2n) is 3.56. The van der Waals surface area contributed by atoms with Crippen LogP contribution in [0.1, 0.15) is 0 Å². The molecule has 2 rings (SSSR count). The molecule has 0 aromatic carbocycles. The molecule has 7 heteroatoms. The zero-order valence-corrected chi connectivity index (χ0v) is 8.48. The largest absolute Gasteiger partial charge is 0.432 e. The van der Waals surface area contributed by atoms with Gasteiger partial charge in [0.05, 0.1) is 13.2 Å². The quantitative estimate of drug-likeness (QED) is 0.412. The first-order valence-electron chi connectivity index (χ1n) is 4.97. The highest BCUT2D eigenvalue weighted by Crippen LogP contribution is 2.16. The van der Waals surface area contributed by atoms with Gasteiger partial charge in [-0.15, -0.1) is 0 Å². The molecule has 4 atom stereocenters. The Bertz CT molecular complexity index is 306. The summed E-state index contributed by atoms with van der Waals surface area (Å²) in [6, 6.07) is 0.218. The maximum atomic E-state index is 9.58. The van der Waals surface area contributed by atoms with Crippen LogP contribution in [0.4, 0.5) is 0 Å². The Morgan fingerprint density at radius 2 is 2.19 bits per heavy atom. The molecule has 0 aromatic rings. The van der Waals surface area contributed by atoms with Crippen molar-refractivity contribution < 1.29 is 24.8 Å². The van der Waals surface area contributed by atoms with Crippen LogP contribution >= 0.6 is 0 Å². The SMILES string of the molecule is O[C@@H]1[C@H](O)COC(OC2=NCC=CN2)[C@@H]1O. The van der Waals surface area contributed by atoms with Gasteiger partial charge in [-0.2, -0.15) is 0 Å². The molecule has 0 spiro atoms. The number of hydrogen-bond acceptors (Lipinski definition) is 7. The number of aliphatic hydroxyl groups excluding tert-OH is 3. The van der Waals surface area contributed by atoms with Crippen molar-refractivity contribution in [3.63, 3.8) is 0 Å². The lowest BCUT2D eigenvalue weighted by atomic mass is 10.1. The summed E-state index contributed by atoms with van der Waals surface area (Å²) in [5.41, 5.74) is 0. The fourth-order valence-electron chi connectivity index (χ4n) is 1.43. The van der Waals surface area contributed by atoms with Crippen LogP contribution in [0, 0.1) is 0 Å². The average molecular weight is 230 g/mol. The van der Waals surface area contributed by atoms with Crippen molar-refractivity contribution in [2.45, 2.75) is 24.6 Å². The zero-order valence-electron chi connectivity index (χ0n) is 8.48. The highest BCUT2D eigenvalue weighted by Gasteiger charge is 2.39. The lowest BCUT2D eigenvalue weighted by Crippen LogP contribution is -2.54. The van der Waals surface area contributed by atoms with Gasteiger partial charge in [-0.3, -0.25) is 0 Å². The van der Waals surface area contributed by atoms with E-state index in [1.807, 2.05) is 0 Å². The van der Waals surface area contributed by atoms with Crippen LogP contribution in [-0.4, -0.2) is 59.1 Å². The van der Waals surface area contributed by atoms with Gasteiger partial charge in [-0.05, 0) is 6.08 Å². The van der Waals surface area contributed by atoms with E-state index in [1.54, 1.807) is 12.3 Å². The lowest BCUT2D eigenvalue weighted by Gasteiger charge is -2.35. The van der Waals surface area contributed by atoms with Crippen LogP contribution in [0.25, 0.3) is 0 Å². The van der Waals surface area contributed by atoms with E-state index in [-0.39, 0.29) is 12.6 Å². The van der Waals surface area contributed by atoms with Gasteiger partial charge in [0.15, 0.2) is 0 Å². The van der Waals surface area contributed by atoms with Crippen LogP contribution in [0.5, 0.6) is 0 Å². The van der Waals surface area contributed by atoms with Crippen LogP contribution in [-0.2, 0) is 9.47 Å². The molecule has 16 heavy (non-hydrogen) atoms. The minimum atomic E-state index is -1.31. The van der Waals surface area contributed by atoms with Crippen molar-refractivity contribution in [3.8, 4) is 0 Å². The van der Waals surface area contributed by atoms with Gasteiger partial charge in [0.25, 0.3) is 6.02 Å². The van der Waals surface area contributed by atoms with E-state index in [9.17, 15) is 15.3 Å². The van der Waals surface area contributed by atoms with E-state index >= 15 is 0 Å². The molecule has 1 saturated heterocycles. The van der Waals surface area contributed by atoms with Crippen LogP contribution < -0.4 is 5.32 Å². The fourth-order valence-corrected chi connectivity index (χ4v) is 1.43. The molecule has 0 aliphatic carbocycles. The summed E-state index contributed by atoms with van der Waals surface area (Å²) in [6.07, 6.45) is -1.27. The molecule has 0 bridgehead atoms. The molecule has 2 aliphatic rings. The summed E-state index contributed by atoms with van der Waals surface area (Å²) in [5.74, 6) is 0. The molecule has 0 aromatic heterocycles. The second-order valence-corrected chi connectivity index (χ2v) is 3.56. The number of ether oxygens (including phenoxy) is 2. The maximum absolute atomic E-state index is 9.58. The van der Waals surface area contributed by atoms with E-state index in [0.29, 0.717) is 6.54 Å². The molecular weight excluding hydrogens is 216 g/mol. The van der Waals surface area contributed by atoms with Crippen molar-refractivity contribution in [1.82, 2.24) is 5.32 Å². The second kappa shape index (κ2) is 4.79. The summed E-state index contributed by atoms with van der Waals surface area (Å²) >= 11 is 0. The molecule has 7 nitrogen and oxygen atoms in total. The van der Waals surface area contributed by atoms with Gasteiger partial charge in [-0.25, -0.2) is 4.99 Å². The van der Waals surface area contributed by atoms with Crippen LogP contribution in [0.3, 0.4) is 0 Å². The maximum Gasteiger partial charge on any atom is 0.291 e. The van der Waals surface area contributed by atoms with Gasteiger partial charge < -0.3 is 30.1 Å². The molecule has 0 radical (unpaired) electrons. The molecule has 1 fully saturated rings. The van der Waals surface area contributed by atoms with E-state index < -0.39 is 24.6 Å². The number of aliphatic hydroxyl groups is 3. The number of amidine groups is 1. The van der Waals surface area contributed by atoms with Gasteiger partial charge in [0, 0.05) is 6.20 Å². The van der Waals surface area contributed by atoms with E-state index in [4.69, 9.17) is 9.47 Å². The van der Waals surface area contributed by atoms with Gasteiger partial charge in [0.2, 0.25) is 6.29 Å². The Kier molecular flexibility index (Phi) is 3.39. The zero-order chi connectivity index (χ0) is 11.5. The minimum absolute atomic E-state index is 0.0913. The Labute approximate surface area is 92.0 Å². The van der Waals surface area contributed by atoms with Gasteiger partial charge in [0.1, 0.15) is 18.3 Å². The van der Waals surface area contributed by atoms with Gasteiger partial charge >= 0.3 is 0 Å².